The molecule has 0 bridgehead atoms. The molecule has 0 saturated carbocycles. The first kappa shape index (κ1) is 17.9. The first-order valence-corrected chi connectivity index (χ1v) is 9.75. The zero-order chi connectivity index (χ0) is 18.5. The predicted octanol–water partition coefficient (Wildman–Crippen LogP) is 2.89. The molecule has 1 amide bonds. The van der Waals surface area contributed by atoms with Crippen molar-refractivity contribution in [3.63, 3.8) is 0 Å². The summed E-state index contributed by atoms with van der Waals surface area (Å²) in [5.74, 6) is 1.16. The normalized spacial score (nSPS) is 17.5. The smallest absolute Gasteiger partial charge is 0.255 e. The highest BCUT2D eigenvalue weighted by Gasteiger charge is 2.24. The van der Waals surface area contributed by atoms with Crippen molar-refractivity contribution in [2.24, 2.45) is 0 Å². The van der Waals surface area contributed by atoms with Crippen LogP contribution in [0.25, 0.3) is 0 Å². The minimum absolute atomic E-state index is 0.0694. The Morgan fingerprint density at radius 2 is 1.78 bits per heavy atom. The lowest BCUT2D eigenvalue weighted by atomic mass is 10.0. The van der Waals surface area contributed by atoms with Gasteiger partial charge in [0.05, 0.1) is 5.56 Å². The van der Waals surface area contributed by atoms with E-state index >= 15 is 0 Å². The zero-order valence-corrected chi connectivity index (χ0v) is 15.5. The quantitative estimate of drug-likeness (QED) is 0.884. The van der Waals surface area contributed by atoms with Gasteiger partial charge in [0.25, 0.3) is 5.91 Å². The van der Waals surface area contributed by atoms with Crippen molar-refractivity contribution in [3.8, 4) is 11.5 Å². The molecule has 0 aromatic heterocycles. The van der Waals surface area contributed by atoms with Crippen molar-refractivity contribution in [2.75, 3.05) is 32.8 Å². The third-order valence-corrected chi connectivity index (χ3v) is 5.29. The summed E-state index contributed by atoms with van der Waals surface area (Å²) in [6.45, 7) is 4.12. The van der Waals surface area contributed by atoms with Crippen LogP contribution in [0.3, 0.4) is 0 Å². The van der Waals surface area contributed by atoms with Crippen molar-refractivity contribution in [2.45, 2.75) is 25.3 Å². The molecule has 5 heteroatoms. The van der Waals surface area contributed by atoms with Crippen LogP contribution in [-0.4, -0.2) is 49.7 Å². The van der Waals surface area contributed by atoms with Crippen molar-refractivity contribution >= 4 is 5.91 Å². The molecule has 27 heavy (non-hydrogen) atoms. The number of hydrogen-bond donors (Lipinski definition) is 1. The van der Waals surface area contributed by atoms with E-state index in [9.17, 15) is 4.79 Å². The number of ether oxygens (including phenoxy) is 2. The summed E-state index contributed by atoms with van der Waals surface area (Å²) in [6.07, 6.45) is 3.03. The van der Waals surface area contributed by atoms with Crippen LogP contribution in [0.2, 0.25) is 0 Å². The van der Waals surface area contributed by atoms with E-state index in [1.54, 1.807) is 6.07 Å². The largest absolute Gasteiger partial charge is 0.486 e. The zero-order valence-electron chi connectivity index (χ0n) is 15.5. The average Bonchev–Trinajstić information content (AvgIpc) is 2.73. The van der Waals surface area contributed by atoms with Gasteiger partial charge in [0.15, 0.2) is 11.5 Å². The Bertz CT molecular complexity index is 770. The number of amides is 1. The van der Waals surface area contributed by atoms with Gasteiger partial charge in [-0.2, -0.15) is 0 Å². The monoisotopic (exact) mass is 366 g/mol. The molecular formula is C22H26N2O3. The molecule has 2 aromatic carbocycles. The van der Waals surface area contributed by atoms with Crippen molar-refractivity contribution < 1.29 is 14.3 Å². The number of carbonyl (C=O) groups excluding carboxylic acids is 1. The Labute approximate surface area is 160 Å². The number of carbonyl (C=O) groups is 1. The van der Waals surface area contributed by atoms with E-state index in [0.29, 0.717) is 30.3 Å². The van der Waals surface area contributed by atoms with Gasteiger partial charge in [-0.05, 0) is 37.0 Å². The molecule has 2 aliphatic heterocycles. The van der Waals surface area contributed by atoms with Gasteiger partial charge in [0, 0.05) is 25.7 Å². The SMILES string of the molecule is O=C(NC1CCN(CCc2ccccc2)CC1)c1cccc2c1OCCO2. The van der Waals surface area contributed by atoms with Gasteiger partial charge in [-0.1, -0.05) is 36.4 Å². The molecule has 5 nitrogen and oxygen atoms in total. The van der Waals surface area contributed by atoms with Gasteiger partial charge in [0.1, 0.15) is 13.2 Å². The summed E-state index contributed by atoms with van der Waals surface area (Å²) in [5, 5.41) is 3.18. The molecule has 142 valence electrons. The Morgan fingerprint density at radius 3 is 2.59 bits per heavy atom. The van der Waals surface area contributed by atoms with Crippen LogP contribution in [0.5, 0.6) is 11.5 Å². The van der Waals surface area contributed by atoms with Gasteiger partial charge in [-0.3, -0.25) is 4.79 Å². The highest BCUT2D eigenvalue weighted by Crippen LogP contribution is 2.33. The molecule has 0 unspecified atom stereocenters. The van der Waals surface area contributed by atoms with Crippen molar-refractivity contribution in [3.05, 3.63) is 59.7 Å². The minimum atomic E-state index is -0.0694. The molecule has 0 radical (unpaired) electrons. The van der Waals surface area contributed by atoms with Crippen LogP contribution in [0.1, 0.15) is 28.8 Å². The number of para-hydroxylation sites is 1. The topological polar surface area (TPSA) is 50.8 Å². The minimum Gasteiger partial charge on any atom is -0.486 e. The van der Waals surface area contributed by atoms with Crippen LogP contribution in [-0.2, 0) is 6.42 Å². The number of hydrogen-bond acceptors (Lipinski definition) is 4. The summed E-state index contributed by atoms with van der Waals surface area (Å²) in [4.78, 5) is 15.2. The summed E-state index contributed by atoms with van der Waals surface area (Å²) < 4.78 is 11.2. The third-order valence-electron chi connectivity index (χ3n) is 5.29. The number of piperidine rings is 1. The average molecular weight is 366 g/mol. The van der Waals surface area contributed by atoms with E-state index in [0.717, 1.165) is 38.9 Å². The molecule has 1 saturated heterocycles. The number of nitrogens with zero attached hydrogens (tertiary/aromatic N) is 1. The lowest BCUT2D eigenvalue weighted by Crippen LogP contribution is -2.45. The van der Waals surface area contributed by atoms with E-state index in [-0.39, 0.29) is 11.9 Å². The van der Waals surface area contributed by atoms with Crippen molar-refractivity contribution in [1.82, 2.24) is 10.2 Å². The second kappa shape index (κ2) is 8.44. The lowest BCUT2D eigenvalue weighted by molar-refractivity contribution is 0.0901. The standard InChI is InChI=1S/C22H26N2O3/c25-22(19-7-4-8-20-21(19)27-16-15-26-20)23-18-10-13-24(14-11-18)12-9-17-5-2-1-3-6-17/h1-8,18H,9-16H2,(H,23,25). The summed E-state index contributed by atoms with van der Waals surface area (Å²) in [5.41, 5.74) is 1.95. The maximum atomic E-state index is 12.7. The van der Waals surface area contributed by atoms with Gasteiger partial charge < -0.3 is 19.7 Å². The fraction of sp³-hybridized carbons (Fsp3) is 0.409. The molecule has 2 heterocycles. The van der Waals surface area contributed by atoms with Gasteiger partial charge in [-0.25, -0.2) is 0 Å². The molecule has 0 aliphatic carbocycles. The summed E-state index contributed by atoms with van der Waals surface area (Å²) in [7, 11) is 0. The highest BCUT2D eigenvalue weighted by molar-refractivity contribution is 5.98. The van der Waals surface area contributed by atoms with Crippen LogP contribution < -0.4 is 14.8 Å². The molecule has 0 atom stereocenters. The maximum Gasteiger partial charge on any atom is 0.255 e. The molecule has 2 aliphatic rings. The fourth-order valence-electron chi connectivity index (χ4n) is 3.75. The lowest BCUT2D eigenvalue weighted by Gasteiger charge is -2.32. The van der Waals surface area contributed by atoms with Crippen LogP contribution in [0, 0.1) is 0 Å². The fourth-order valence-corrected chi connectivity index (χ4v) is 3.75. The van der Waals surface area contributed by atoms with E-state index in [2.05, 4.69) is 40.5 Å². The maximum absolute atomic E-state index is 12.7. The van der Waals surface area contributed by atoms with E-state index in [4.69, 9.17) is 9.47 Å². The van der Waals surface area contributed by atoms with Gasteiger partial charge >= 0.3 is 0 Å². The number of likely N-dealkylation sites (tertiary alicyclic amines) is 1. The first-order chi connectivity index (χ1) is 13.3. The highest BCUT2D eigenvalue weighted by atomic mass is 16.6. The number of benzene rings is 2. The Morgan fingerprint density at radius 1 is 1.00 bits per heavy atom. The summed E-state index contributed by atoms with van der Waals surface area (Å²) >= 11 is 0. The predicted molar refractivity (Wildman–Crippen MR) is 105 cm³/mol. The Balaban J connectivity index is 1.27. The Hall–Kier alpha value is -2.53. The third kappa shape index (κ3) is 4.42. The van der Waals surface area contributed by atoms with Crippen LogP contribution in [0.15, 0.2) is 48.5 Å². The molecule has 1 N–H and O–H groups in total. The van der Waals surface area contributed by atoms with Gasteiger partial charge in [-0.15, -0.1) is 0 Å². The molecule has 4 rings (SSSR count). The molecule has 2 aromatic rings. The van der Waals surface area contributed by atoms with E-state index in [1.165, 1.54) is 5.56 Å². The van der Waals surface area contributed by atoms with E-state index < -0.39 is 0 Å². The molecular weight excluding hydrogens is 340 g/mol. The second-order valence-corrected chi connectivity index (χ2v) is 7.15. The Kier molecular flexibility index (Phi) is 5.58. The molecule has 1 fully saturated rings. The van der Waals surface area contributed by atoms with Crippen LogP contribution in [0.4, 0.5) is 0 Å². The van der Waals surface area contributed by atoms with Crippen molar-refractivity contribution in [1.29, 1.82) is 0 Å². The molecule has 0 spiro atoms. The van der Waals surface area contributed by atoms with Gasteiger partial charge in [0.2, 0.25) is 0 Å². The number of rotatable bonds is 5. The number of fused-ring (bicyclic) bond motifs is 1. The first-order valence-electron chi connectivity index (χ1n) is 9.75. The number of nitrogens with one attached hydrogen (secondary N) is 1. The second-order valence-electron chi connectivity index (χ2n) is 7.15. The van der Waals surface area contributed by atoms with Crippen LogP contribution >= 0.6 is 0 Å². The van der Waals surface area contributed by atoms with E-state index in [1.807, 2.05) is 12.1 Å². The summed E-state index contributed by atoms with van der Waals surface area (Å²) in [6, 6.07) is 16.3.